The van der Waals surface area contributed by atoms with E-state index >= 15 is 0 Å². The van der Waals surface area contributed by atoms with Crippen molar-refractivity contribution < 1.29 is 4.79 Å². The Morgan fingerprint density at radius 1 is 1.15 bits per heavy atom. The average Bonchev–Trinajstić information content (AvgIpc) is 3.51. The van der Waals surface area contributed by atoms with Crippen LogP contribution < -0.4 is 5.32 Å². The Balaban J connectivity index is 1.30. The number of hydrogen-bond acceptors (Lipinski definition) is 5. The van der Waals surface area contributed by atoms with Crippen LogP contribution in [0.4, 0.5) is 5.82 Å². The topological polar surface area (TPSA) is 86.8 Å². The zero-order valence-electron chi connectivity index (χ0n) is 15.6. The molecule has 1 aliphatic heterocycles. The molecule has 2 N–H and O–H groups in total. The molecular weight excluding hydrogens is 340 g/mol. The molecule has 0 saturated heterocycles. The van der Waals surface area contributed by atoms with Gasteiger partial charge in [0.05, 0.1) is 24.5 Å². The van der Waals surface area contributed by atoms with Crippen LogP contribution in [0.5, 0.6) is 0 Å². The predicted octanol–water partition coefficient (Wildman–Crippen LogP) is 2.38. The van der Waals surface area contributed by atoms with E-state index in [1.165, 1.54) is 30.5 Å². The molecule has 0 bridgehead atoms. The number of nitrogens with one attached hydrogen (secondary N) is 2. The lowest BCUT2D eigenvalue weighted by atomic mass is 10.0. The van der Waals surface area contributed by atoms with Gasteiger partial charge in [0.2, 0.25) is 5.91 Å². The van der Waals surface area contributed by atoms with Gasteiger partial charge in [0, 0.05) is 23.7 Å². The molecule has 0 radical (unpaired) electrons. The van der Waals surface area contributed by atoms with Crippen LogP contribution in [0.3, 0.4) is 0 Å². The van der Waals surface area contributed by atoms with Crippen LogP contribution in [0.2, 0.25) is 0 Å². The number of carbonyl (C=O) groups excluding carboxylic acids is 1. The third-order valence-corrected chi connectivity index (χ3v) is 6.06. The van der Waals surface area contributed by atoms with Gasteiger partial charge in [-0.05, 0) is 50.5 Å². The summed E-state index contributed by atoms with van der Waals surface area (Å²) < 4.78 is 0. The molecule has 0 atom stereocenters. The molecule has 2 aromatic heterocycles. The number of amides is 1. The van der Waals surface area contributed by atoms with Gasteiger partial charge >= 0.3 is 0 Å². The molecule has 0 spiro atoms. The van der Waals surface area contributed by atoms with Crippen molar-refractivity contribution in [3.8, 4) is 0 Å². The maximum Gasteiger partial charge on any atom is 0.226 e. The van der Waals surface area contributed by atoms with E-state index in [9.17, 15) is 4.79 Å². The van der Waals surface area contributed by atoms with Gasteiger partial charge in [-0.2, -0.15) is 5.10 Å². The van der Waals surface area contributed by atoms with Crippen LogP contribution in [0.15, 0.2) is 6.33 Å². The predicted molar refractivity (Wildman–Crippen MR) is 101 cm³/mol. The molecule has 3 heterocycles. The molecule has 5 rings (SSSR count). The van der Waals surface area contributed by atoms with Crippen molar-refractivity contribution in [1.82, 2.24) is 25.1 Å². The third kappa shape index (κ3) is 3.31. The Morgan fingerprint density at radius 3 is 2.93 bits per heavy atom. The van der Waals surface area contributed by atoms with Crippen molar-refractivity contribution >= 4 is 11.7 Å². The van der Waals surface area contributed by atoms with Gasteiger partial charge in [0.15, 0.2) is 0 Å². The summed E-state index contributed by atoms with van der Waals surface area (Å²) in [5.41, 5.74) is 5.94. The van der Waals surface area contributed by atoms with Crippen LogP contribution in [0, 0.1) is 5.92 Å². The molecule has 1 fully saturated rings. The highest BCUT2D eigenvalue weighted by Crippen LogP contribution is 2.33. The van der Waals surface area contributed by atoms with Crippen LogP contribution in [-0.2, 0) is 37.1 Å². The number of rotatable bonds is 4. The maximum absolute atomic E-state index is 12.4. The second kappa shape index (κ2) is 6.94. The minimum atomic E-state index is 0.265. The lowest BCUT2D eigenvalue weighted by Crippen LogP contribution is -2.37. The maximum atomic E-state index is 12.4. The highest BCUT2D eigenvalue weighted by Gasteiger charge is 2.35. The molecule has 2 aliphatic carbocycles. The van der Waals surface area contributed by atoms with Gasteiger partial charge in [-0.3, -0.25) is 9.89 Å². The summed E-state index contributed by atoms with van der Waals surface area (Å²) in [4.78, 5) is 23.2. The Kier molecular flexibility index (Phi) is 4.30. The SMILES string of the molecule is O=C(C1CC1)N1CCc2c(ncnc2NCc2n[nH]c3c2CCCCC3)C1. The van der Waals surface area contributed by atoms with E-state index in [2.05, 4.69) is 25.5 Å². The number of carbonyl (C=O) groups is 1. The summed E-state index contributed by atoms with van der Waals surface area (Å²) in [6.07, 6.45) is 10.5. The Labute approximate surface area is 159 Å². The number of nitrogens with zero attached hydrogens (tertiary/aromatic N) is 4. The number of H-pyrrole nitrogens is 1. The number of aryl methyl sites for hydroxylation is 1. The zero-order valence-corrected chi connectivity index (χ0v) is 15.6. The summed E-state index contributed by atoms with van der Waals surface area (Å²) in [6.45, 7) is 2.06. The highest BCUT2D eigenvalue weighted by atomic mass is 16.2. The van der Waals surface area contributed by atoms with Gasteiger partial charge in [-0.25, -0.2) is 9.97 Å². The number of aromatic nitrogens is 4. The van der Waals surface area contributed by atoms with E-state index in [1.807, 2.05) is 4.90 Å². The Hall–Kier alpha value is -2.44. The lowest BCUT2D eigenvalue weighted by Gasteiger charge is -2.29. The molecule has 27 heavy (non-hydrogen) atoms. The zero-order chi connectivity index (χ0) is 18.2. The summed E-state index contributed by atoms with van der Waals surface area (Å²) in [6, 6.07) is 0. The Bertz CT molecular complexity index is 856. The van der Waals surface area contributed by atoms with Crippen molar-refractivity contribution in [2.45, 2.75) is 64.5 Å². The van der Waals surface area contributed by atoms with E-state index < -0.39 is 0 Å². The minimum absolute atomic E-state index is 0.265. The van der Waals surface area contributed by atoms with E-state index in [0.29, 0.717) is 19.0 Å². The van der Waals surface area contributed by atoms with Crippen molar-refractivity contribution in [3.05, 3.63) is 34.5 Å². The summed E-state index contributed by atoms with van der Waals surface area (Å²) >= 11 is 0. The standard InChI is InChI=1S/C20H26N6O/c27-20(13-6-7-13)26-9-8-15-18(11-26)22-12-23-19(15)21-10-17-14-4-2-1-3-5-16(14)24-25-17/h12-13H,1-11H2,(H,24,25)(H,21,22,23). The van der Waals surface area contributed by atoms with Crippen molar-refractivity contribution in [2.24, 2.45) is 5.92 Å². The van der Waals surface area contributed by atoms with E-state index in [0.717, 1.165) is 61.4 Å². The largest absolute Gasteiger partial charge is 0.364 e. The summed E-state index contributed by atoms with van der Waals surface area (Å²) in [5.74, 6) is 1.46. The molecule has 2 aromatic rings. The van der Waals surface area contributed by atoms with Crippen LogP contribution in [-0.4, -0.2) is 37.5 Å². The van der Waals surface area contributed by atoms with Crippen molar-refractivity contribution in [2.75, 3.05) is 11.9 Å². The van der Waals surface area contributed by atoms with E-state index in [1.54, 1.807) is 6.33 Å². The third-order valence-electron chi connectivity index (χ3n) is 6.06. The monoisotopic (exact) mass is 366 g/mol. The average molecular weight is 366 g/mol. The normalized spacial score (nSPS) is 19.2. The first-order valence-electron chi connectivity index (χ1n) is 10.2. The second-order valence-corrected chi connectivity index (χ2v) is 7.97. The minimum Gasteiger partial charge on any atom is -0.364 e. The molecule has 1 saturated carbocycles. The molecule has 7 heteroatoms. The molecule has 3 aliphatic rings. The van der Waals surface area contributed by atoms with Gasteiger partial charge in [0.25, 0.3) is 0 Å². The fourth-order valence-electron chi connectivity index (χ4n) is 4.32. The molecule has 7 nitrogen and oxygen atoms in total. The van der Waals surface area contributed by atoms with E-state index in [-0.39, 0.29) is 5.92 Å². The quantitative estimate of drug-likeness (QED) is 0.811. The van der Waals surface area contributed by atoms with Gasteiger partial charge in [0.1, 0.15) is 12.1 Å². The first-order chi connectivity index (χ1) is 13.3. The van der Waals surface area contributed by atoms with Crippen molar-refractivity contribution in [1.29, 1.82) is 0 Å². The molecule has 1 amide bonds. The van der Waals surface area contributed by atoms with Crippen LogP contribution in [0.1, 0.15) is 60.3 Å². The van der Waals surface area contributed by atoms with Gasteiger partial charge < -0.3 is 10.2 Å². The van der Waals surface area contributed by atoms with Crippen molar-refractivity contribution in [3.63, 3.8) is 0 Å². The number of anilines is 1. The smallest absolute Gasteiger partial charge is 0.226 e. The highest BCUT2D eigenvalue weighted by molar-refractivity contribution is 5.81. The molecule has 0 aromatic carbocycles. The second-order valence-electron chi connectivity index (χ2n) is 7.97. The summed E-state index contributed by atoms with van der Waals surface area (Å²) in [5, 5.41) is 11.3. The molecular formula is C20H26N6O. The van der Waals surface area contributed by atoms with Gasteiger partial charge in [-0.1, -0.05) is 6.42 Å². The number of fused-ring (bicyclic) bond motifs is 2. The Morgan fingerprint density at radius 2 is 2.04 bits per heavy atom. The lowest BCUT2D eigenvalue weighted by molar-refractivity contribution is -0.133. The first-order valence-corrected chi connectivity index (χ1v) is 10.2. The molecule has 142 valence electrons. The molecule has 0 unspecified atom stereocenters. The van der Waals surface area contributed by atoms with E-state index in [4.69, 9.17) is 0 Å². The fraction of sp³-hybridized carbons (Fsp3) is 0.600. The number of hydrogen-bond donors (Lipinski definition) is 2. The van der Waals surface area contributed by atoms with Crippen LogP contribution >= 0.6 is 0 Å². The van der Waals surface area contributed by atoms with Gasteiger partial charge in [-0.15, -0.1) is 0 Å². The summed E-state index contributed by atoms with van der Waals surface area (Å²) in [7, 11) is 0. The van der Waals surface area contributed by atoms with Crippen LogP contribution in [0.25, 0.3) is 0 Å². The number of aromatic amines is 1. The first kappa shape index (κ1) is 16.7. The fourth-order valence-corrected chi connectivity index (χ4v) is 4.32.